The van der Waals surface area contributed by atoms with Crippen LogP contribution < -0.4 is 0 Å². The van der Waals surface area contributed by atoms with E-state index in [0.29, 0.717) is 23.4 Å². The van der Waals surface area contributed by atoms with Crippen LogP contribution in [0.1, 0.15) is 19.2 Å². The van der Waals surface area contributed by atoms with Gasteiger partial charge >= 0.3 is 0 Å². The molecule has 0 bridgehead atoms. The van der Waals surface area contributed by atoms with Crippen LogP contribution in [0.25, 0.3) is 88.9 Å². The summed E-state index contributed by atoms with van der Waals surface area (Å²) in [6.07, 6.45) is 7.59. The Kier molecular flexibility index (Phi) is 6.78. The van der Waals surface area contributed by atoms with Crippen molar-refractivity contribution in [1.82, 2.24) is 19.5 Å². The molecule has 3 heterocycles. The van der Waals surface area contributed by atoms with Crippen LogP contribution in [0.15, 0.2) is 162 Å². The van der Waals surface area contributed by atoms with Gasteiger partial charge in [0.15, 0.2) is 17.5 Å². The lowest BCUT2D eigenvalue weighted by Crippen LogP contribution is -2.04. The van der Waals surface area contributed by atoms with Crippen LogP contribution in [0.4, 0.5) is 0 Å². The van der Waals surface area contributed by atoms with E-state index < -0.39 is 0 Å². The molecule has 1 atom stereocenters. The van der Waals surface area contributed by atoms with Crippen LogP contribution in [0.5, 0.6) is 0 Å². The number of rotatable bonds is 5. The van der Waals surface area contributed by atoms with Crippen molar-refractivity contribution in [1.29, 1.82) is 0 Å². The Hall–Kier alpha value is -6.59. The maximum atomic E-state index is 6.55. The van der Waals surface area contributed by atoms with Crippen LogP contribution in [-0.2, 0) is 0 Å². The fourth-order valence-corrected chi connectivity index (χ4v) is 7.51. The van der Waals surface area contributed by atoms with Crippen LogP contribution >= 0.6 is 0 Å². The molecule has 242 valence electrons. The van der Waals surface area contributed by atoms with E-state index in [4.69, 9.17) is 19.4 Å². The Morgan fingerprint density at radius 1 is 0.549 bits per heavy atom. The highest BCUT2D eigenvalue weighted by molar-refractivity contribution is 6.14. The molecular weight excluding hydrogens is 625 g/mol. The van der Waals surface area contributed by atoms with E-state index in [-0.39, 0.29) is 0 Å². The van der Waals surface area contributed by atoms with Crippen LogP contribution in [-0.4, -0.2) is 19.5 Å². The average Bonchev–Trinajstić information content (AvgIpc) is 3.74. The molecular formula is C46H32N4O. The molecule has 1 unspecified atom stereocenters. The summed E-state index contributed by atoms with van der Waals surface area (Å²) in [5, 5.41) is 4.68. The Balaban J connectivity index is 1.05. The van der Waals surface area contributed by atoms with Crippen molar-refractivity contribution >= 4 is 49.3 Å². The lowest BCUT2D eigenvalue weighted by Gasteiger charge is -2.13. The molecule has 3 aromatic heterocycles. The van der Waals surface area contributed by atoms with Gasteiger partial charge in [-0.05, 0) is 59.9 Å². The molecule has 6 aromatic carbocycles. The Morgan fingerprint density at radius 2 is 1.18 bits per heavy atom. The maximum Gasteiger partial charge on any atom is 0.164 e. The number of nitrogens with zero attached hydrogens (tertiary/aromatic N) is 4. The van der Waals surface area contributed by atoms with Crippen LogP contribution in [0.3, 0.4) is 0 Å². The predicted octanol–water partition coefficient (Wildman–Crippen LogP) is 11.8. The molecule has 1 aliphatic rings. The summed E-state index contributed by atoms with van der Waals surface area (Å²) in [7, 11) is 0. The fourth-order valence-electron chi connectivity index (χ4n) is 7.51. The molecule has 5 heteroatoms. The first-order valence-electron chi connectivity index (χ1n) is 17.4. The van der Waals surface area contributed by atoms with Crippen LogP contribution in [0, 0.1) is 5.92 Å². The maximum absolute atomic E-state index is 6.55. The summed E-state index contributed by atoms with van der Waals surface area (Å²) < 4.78 is 8.92. The number of para-hydroxylation sites is 2. The molecule has 10 rings (SSSR count). The van der Waals surface area contributed by atoms with E-state index in [2.05, 4.69) is 139 Å². The summed E-state index contributed by atoms with van der Waals surface area (Å²) in [6, 6.07) is 48.7. The van der Waals surface area contributed by atoms with Gasteiger partial charge in [0.25, 0.3) is 0 Å². The molecule has 0 fully saturated rings. The normalized spacial score (nSPS) is 14.5. The molecule has 0 aliphatic heterocycles. The molecule has 51 heavy (non-hydrogen) atoms. The Bertz CT molecular complexity index is 2790. The smallest absolute Gasteiger partial charge is 0.164 e. The second kappa shape index (κ2) is 11.8. The van der Waals surface area contributed by atoms with Gasteiger partial charge in [-0.25, -0.2) is 15.0 Å². The zero-order valence-electron chi connectivity index (χ0n) is 28.0. The third-order valence-electron chi connectivity index (χ3n) is 9.97. The summed E-state index contributed by atoms with van der Waals surface area (Å²) in [4.78, 5) is 14.8. The fraction of sp³-hybridized carbons (Fsp3) is 0.0652. The van der Waals surface area contributed by atoms with Crippen molar-refractivity contribution in [3.05, 3.63) is 164 Å². The monoisotopic (exact) mass is 656 g/mol. The first kappa shape index (κ1) is 29.3. The minimum Gasteiger partial charge on any atom is -0.456 e. The molecule has 1 aliphatic carbocycles. The van der Waals surface area contributed by atoms with E-state index in [1.165, 1.54) is 21.8 Å². The summed E-state index contributed by atoms with van der Waals surface area (Å²) in [6.45, 7) is 2.22. The second-order valence-electron chi connectivity index (χ2n) is 13.3. The zero-order valence-corrected chi connectivity index (χ0v) is 28.0. The molecule has 0 N–H and O–H groups in total. The molecule has 0 saturated carbocycles. The summed E-state index contributed by atoms with van der Waals surface area (Å²) >= 11 is 0. The van der Waals surface area contributed by atoms with Crippen molar-refractivity contribution in [2.75, 3.05) is 0 Å². The number of hydrogen-bond donors (Lipinski definition) is 0. The van der Waals surface area contributed by atoms with Gasteiger partial charge in [-0.1, -0.05) is 128 Å². The third kappa shape index (κ3) is 4.97. The minimum absolute atomic E-state index is 0.439. The van der Waals surface area contributed by atoms with Gasteiger partial charge in [-0.3, -0.25) is 0 Å². The number of hydrogen-bond acceptors (Lipinski definition) is 4. The zero-order chi connectivity index (χ0) is 33.9. The largest absolute Gasteiger partial charge is 0.456 e. The van der Waals surface area contributed by atoms with Gasteiger partial charge in [0.1, 0.15) is 11.2 Å². The summed E-state index contributed by atoms with van der Waals surface area (Å²) in [5.74, 6) is 2.46. The third-order valence-corrected chi connectivity index (χ3v) is 9.97. The SMILES string of the molecule is CC1C=C(c2nc(-c3ccccc3)nc(-c3ccc(-c4ccc5c(c4)oc4cccc(-n6c7ccccc7c7ccccc76)c45)cc3)n2)C=CC1. The number of aromatic nitrogens is 4. The van der Waals surface area contributed by atoms with Gasteiger partial charge < -0.3 is 8.98 Å². The summed E-state index contributed by atoms with van der Waals surface area (Å²) in [5.41, 5.74) is 10.3. The highest BCUT2D eigenvalue weighted by Crippen LogP contribution is 2.40. The molecule has 0 spiro atoms. The minimum atomic E-state index is 0.439. The molecule has 0 saturated heterocycles. The van der Waals surface area contributed by atoms with Gasteiger partial charge in [0.05, 0.1) is 22.1 Å². The first-order chi connectivity index (χ1) is 25.2. The van der Waals surface area contributed by atoms with Gasteiger partial charge in [0, 0.05) is 32.9 Å². The Morgan fingerprint density at radius 3 is 1.90 bits per heavy atom. The van der Waals surface area contributed by atoms with Crippen molar-refractivity contribution in [3.8, 4) is 39.6 Å². The van der Waals surface area contributed by atoms with Gasteiger partial charge in [0.2, 0.25) is 0 Å². The van der Waals surface area contributed by atoms with Crippen molar-refractivity contribution in [2.45, 2.75) is 13.3 Å². The topological polar surface area (TPSA) is 56.7 Å². The molecule has 0 radical (unpaired) electrons. The van der Waals surface area contributed by atoms with E-state index >= 15 is 0 Å². The lowest BCUT2D eigenvalue weighted by atomic mass is 9.97. The predicted molar refractivity (Wildman–Crippen MR) is 209 cm³/mol. The van der Waals surface area contributed by atoms with E-state index in [0.717, 1.165) is 61.9 Å². The quantitative estimate of drug-likeness (QED) is 0.185. The molecule has 9 aromatic rings. The van der Waals surface area contributed by atoms with Crippen LogP contribution in [0.2, 0.25) is 0 Å². The second-order valence-corrected chi connectivity index (χ2v) is 13.3. The van der Waals surface area contributed by atoms with E-state index in [1.54, 1.807) is 0 Å². The van der Waals surface area contributed by atoms with Crippen molar-refractivity contribution in [3.63, 3.8) is 0 Å². The van der Waals surface area contributed by atoms with E-state index in [1.807, 2.05) is 30.3 Å². The lowest BCUT2D eigenvalue weighted by molar-refractivity contribution is 0.669. The number of fused-ring (bicyclic) bond motifs is 6. The number of furan rings is 1. The average molecular weight is 657 g/mol. The number of benzene rings is 6. The van der Waals surface area contributed by atoms with Gasteiger partial charge in [-0.15, -0.1) is 0 Å². The highest BCUT2D eigenvalue weighted by Gasteiger charge is 2.19. The standard InChI is InChI=1S/C46H32N4O/c1-29-11-9-14-34(27-29)46-48-44(31-12-3-2-4-13-31)47-45(49-46)32-23-21-30(22-24-32)33-25-26-37-42(28-33)51-41-20-10-19-40(43(37)41)50-38-17-7-5-15-35(38)36-16-6-8-18-39(36)50/h2-10,12-29H,11H2,1H3. The number of allylic oxidation sites excluding steroid dienone is 4. The Labute approximate surface area is 294 Å². The molecule has 0 amide bonds. The van der Waals surface area contributed by atoms with E-state index in [9.17, 15) is 0 Å². The van der Waals surface area contributed by atoms with Gasteiger partial charge in [-0.2, -0.15) is 0 Å². The first-order valence-corrected chi connectivity index (χ1v) is 17.4. The molecule has 5 nitrogen and oxygen atoms in total. The van der Waals surface area contributed by atoms with Crippen molar-refractivity contribution in [2.24, 2.45) is 5.92 Å². The highest BCUT2D eigenvalue weighted by atomic mass is 16.3. The van der Waals surface area contributed by atoms with Crippen molar-refractivity contribution < 1.29 is 4.42 Å².